The number of unbranched alkanes of at least 4 members (excludes halogenated alkanes) is 1. The largest absolute Gasteiger partial charge is 0.549 e. The third-order valence-corrected chi connectivity index (χ3v) is 20.3. The SMILES string of the molecule is C=CCOCC(COC=C)(COCC=C)COC(=O)NCC1(C)CC(NC(=O)OCC(C)(C)COC(=O)CCCCC(=O)OC[C@@](C)(COC(=O)NC2CC(C)(C)CC(C)(CNC(=O)OCC(COCC=C)(COCC=C)COCC=C)C2)C(=O)[O-])CC(C)(C)C1.C[NH+](C)CCO.O=C(CCS)OCC(COC(=O)CCS)(COC(=O)CCS)COC(=O)CCS. The summed E-state index contributed by atoms with van der Waals surface area (Å²) in [5.41, 5.74) is -6.97. The fraction of sp³-hybridized carbons (Fsp3) is 0.739. The van der Waals surface area contributed by atoms with Gasteiger partial charge in [0.2, 0.25) is 0 Å². The molecule has 0 bridgehead atoms. The maximum atomic E-state index is 13.2. The summed E-state index contributed by atoms with van der Waals surface area (Å²) >= 11 is 15.9. The predicted octanol–water partition coefficient (Wildman–Crippen LogP) is 8.18. The Bertz CT molecular complexity index is 3170. The summed E-state index contributed by atoms with van der Waals surface area (Å²) in [5.74, 6) is -3.84. The number of aliphatic carboxylic acids is 1. The van der Waals surface area contributed by atoms with Gasteiger partial charge in [-0.05, 0) is 80.0 Å². The number of hydrogen-bond acceptors (Lipinski definition) is 33. The Hall–Kier alpha value is -7.27. The van der Waals surface area contributed by atoms with Gasteiger partial charge in [0.05, 0.1) is 148 Å². The number of esters is 6. The minimum absolute atomic E-state index is 0.0246. The number of aliphatic hydroxyl groups excluding tert-OH is 1. The van der Waals surface area contributed by atoms with Gasteiger partial charge >= 0.3 is 60.2 Å². The number of quaternary nitrogens is 1. The van der Waals surface area contributed by atoms with Gasteiger partial charge in [0, 0.05) is 66.4 Å². The zero-order chi connectivity index (χ0) is 95.4. The summed E-state index contributed by atoms with van der Waals surface area (Å²) in [6.45, 7) is 40.5. The highest BCUT2D eigenvalue weighted by Crippen LogP contribution is 2.47. The van der Waals surface area contributed by atoms with Gasteiger partial charge in [-0.2, -0.15) is 50.5 Å². The minimum Gasteiger partial charge on any atom is -0.549 e. The molecule has 5 atom stereocenters. The summed E-state index contributed by atoms with van der Waals surface area (Å²) in [7, 11) is 4.02. The molecule has 2 aliphatic rings. The summed E-state index contributed by atoms with van der Waals surface area (Å²) in [6, 6.07) is -0.683. The zero-order valence-corrected chi connectivity index (χ0v) is 80.0. The van der Waals surface area contributed by atoms with E-state index in [1.165, 1.54) is 18.1 Å². The molecule has 2 saturated carbocycles. The van der Waals surface area contributed by atoms with Crippen molar-refractivity contribution in [1.82, 2.24) is 21.3 Å². The van der Waals surface area contributed by atoms with Gasteiger partial charge in [-0.1, -0.05) is 92.3 Å². The van der Waals surface area contributed by atoms with Crippen molar-refractivity contribution in [2.75, 3.05) is 202 Å². The summed E-state index contributed by atoms with van der Waals surface area (Å²) in [4.78, 5) is 139. The molecule has 2 rings (SSSR count). The first-order valence-electron chi connectivity index (χ1n) is 42.2. The molecule has 34 nitrogen and oxygen atoms in total. The fourth-order valence-electron chi connectivity index (χ4n) is 13.7. The number of carboxylic acids is 1. The molecule has 0 aromatic carbocycles. The molecule has 0 aromatic rings. The van der Waals surface area contributed by atoms with E-state index in [0.717, 1.165) is 13.0 Å². The predicted molar refractivity (Wildman–Crippen MR) is 485 cm³/mol. The Labute approximate surface area is 768 Å². The molecule has 38 heteroatoms. The molecule has 0 aromatic heterocycles. The number of carbonyl (C=O) groups is 11. The smallest absolute Gasteiger partial charge is 0.407 e. The van der Waals surface area contributed by atoms with Gasteiger partial charge in [0.1, 0.15) is 78.0 Å². The number of carbonyl (C=O) groups excluding carboxylic acids is 11. The van der Waals surface area contributed by atoms with E-state index < -0.39 is 123 Å². The Balaban J connectivity index is 0.00000370. The quantitative estimate of drug-likeness (QED) is 0.00685. The van der Waals surface area contributed by atoms with Crippen LogP contribution in [0.15, 0.2) is 76.1 Å². The van der Waals surface area contributed by atoms with Crippen LogP contribution < -0.4 is 31.3 Å². The van der Waals surface area contributed by atoms with Gasteiger partial charge in [-0.25, -0.2) is 19.2 Å². The number of carboxylic acid groups (broad SMARTS) is 1. The number of ether oxygens (including phenoxy) is 16. The molecular formula is C88H149N5O29S4. The van der Waals surface area contributed by atoms with Crippen LogP contribution in [0.25, 0.3) is 0 Å². The van der Waals surface area contributed by atoms with E-state index in [4.69, 9.17) is 80.9 Å². The fourth-order valence-corrected chi connectivity index (χ4v) is 14.5. The molecule has 126 heavy (non-hydrogen) atoms. The lowest BCUT2D eigenvalue weighted by atomic mass is 9.62. The molecule has 4 unspecified atom stereocenters. The highest BCUT2D eigenvalue weighted by molar-refractivity contribution is 7.80. The lowest BCUT2D eigenvalue weighted by Gasteiger charge is -2.46. The van der Waals surface area contributed by atoms with Crippen molar-refractivity contribution < 1.29 is 144 Å². The molecular weight excluding hydrogens is 1720 g/mol. The first-order valence-corrected chi connectivity index (χ1v) is 44.7. The molecule has 6 N–H and O–H groups in total. The Morgan fingerprint density at radius 1 is 0.405 bits per heavy atom. The van der Waals surface area contributed by atoms with Gasteiger partial charge in [0.25, 0.3) is 0 Å². The van der Waals surface area contributed by atoms with Crippen molar-refractivity contribution in [3.05, 3.63) is 76.1 Å². The minimum atomic E-state index is -1.89. The molecule has 4 amide bonds. The number of hydrogen-bond donors (Lipinski definition) is 10. The van der Waals surface area contributed by atoms with Crippen LogP contribution >= 0.6 is 50.5 Å². The number of likely N-dealkylation sites (N-methyl/N-ethyl adjacent to an activating group) is 1. The Morgan fingerprint density at radius 2 is 0.683 bits per heavy atom. The molecule has 0 spiro atoms. The van der Waals surface area contributed by atoms with Crippen molar-refractivity contribution in [1.29, 1.82) is 0 Å². The van der Waals surface area contributed by atoms with Gasteiger partial charge in [0.15, 0.2) is 0 Å². The number of rotatable bonds is 65. The summed E-state index contributed by atoms with van der Waals surface area (Å²) in [6.07, 6.45) is 10.9. The van der Waals surface area contributed by atoms with Crippen LogP contribution in [0.4, 0.5) is 19.2 Å². The zero-order valence-electron chi connectivity index (χ0n) is 76.4. The molecule has 0 heterocycles. The van der Waals surface area contributed by atoms with E-state index >= 15 is 0 Å². The van der Waals surface area contributed by atoms with Crippen molar-refractivity contribution in [3.63, 3.8) is 0 Å². The molecule has 0 aliphatic heterocycles. The van der Waals surface area contributed by atoms with Gasteiger partial charge in [-0.15, -0.1) is 32.9 Å². The first kappa shape index (κ1) is 119. The maximum Gasteiger partial charge on any atom is 0.407 e. The Kier molecular flexibility index (Phi) is 60.8. The summed E-state index contributed by atoms with van der Waals surface area (Å²) < 4.78 is 88.4. The van der Waals surface area contributed by atoms with E-state index in [9.17, 15) is 57.8 Å². The number of amides is 4. The topological polar surface area (TPSA) is 431 Å². The van der Waals surface area contributed by atoms with Crippen LogP contribution in [0.2, 0.25) is 0 Å². The van der Waals surface area contributed by atoms with E-state index in [1.54, 1.807) is 44.2 Å². The molecule has 2 aliphatic carbocycles. The van der Waals surface area contributed by atoms with Crippen LogP contribution in [-0.2, 0) is 109 Å². The third-order valence-electron chi connectivity index (χ3n) is 19.4. The molecule has 724 valence electrons. The average molecular weight is 1870 g/mol. The maximum absolute atomic E-state index is 13.2. The van der Waals surface area contributed by atoms with Gasteiger partial charge < -0.3 is 117 Å². The second kappa shape index (κ2) is 64.5. The first-order chi connectivity index (χ1) is 59.4. The highest BCUT2D eigenvalue weighted by Gasteiger charge is 2.46. The van der Waals surface area contributed by atoms with E-state index in [2.05, 4.69) is 125 Å². The van der Waals surface area contributed by atoms with E-state index in [1.807, 2.05) is 41.8 Å². The van der Waals surface area contributed by atoms with Crippen LogP contribution in [-0.4, -0.2) is 285 Å². The number of thiol groups is 4. The highest BCUT2D eigenvalue weighted by atomic mass is 32.1. The average Bonchev–Trinajstić information content (AvgIpc) is 0.967. The van der Waals surface area contributed by atoms with Crippen molar-refractivity contribution in [2.45, 2.75) is 164 Å². The summed E-state index contributed by atoms with van der Waals surface area (Å²) in [5, 5.41) is 32.2. The van der Waals surface area contributed by atoms with Crippen LogP contribution in [0.1, 0.15) is 152 Å². The number of nitrogens with one attached hydrogen (secondary N) is 5. The molecule has 2 fully saturated rings. The lowest BCUT2D eigenvalue weighted by Crippen LogP contribution is -3.06. The number of alkyl carbamates (subject to hydrolysis) is 4. The lowest BCUT2D eigenvalue weighted by molar-refractivity contribution is -0.858. The molecule has 0 radical (unpaired) electrons. The van der Waals surface area contributed by atoms with Crippen molar-refractivity contribution in [3.8, 4) is 0 Å². The monoisotopic (exact) mass is 1870 g/mol. The van der Waals surface area contributed by atoms with Crippen molar-refractivity contribution in [2.24, 2.45) is 48.7 Å². The van der Waals surface area contributed by atoms with Crippen LogP contribution in [0.3, 0.4) is 0 Å². The van der Waals surface area contributed by atoms with Crippen molar-refractivity contribution >= 4 is 117 Å². The normalized spacial score (nSPS) is 17.5. The second-order valence-electron chi connectivity index (χ2n) is 35.6. The third kappa shape index (κ3) is 55.6. The molecule has 0 saturated heterocycles. The van der Waals surface area contributed by atoms with E-state index in [-0.39, 0.29) is 230 Å². The van der Waals surface area contributed by atoms with Gasteiger partial charge in [-0.3, -0.25) is 28.8 Å². The number of aliphatic hydroxyl groups is 1. The van der Waals surface area contributed by atoms with Crippen LogP contribution in [0, 0.1) is 48.7 Å². The standard InChI is InChI=1S/C67H110N4O20.C17H28O8S4.C4H11NO/c1-16-26-81-44-66(43-80-21-6,45-82-27-17-2)49-90-56(76)68-37-63(13)33-51(31-60(7,8)35-63)70-58(78)88-40-62(11,12)39-86-53(72)24-22-23-25-54(73)87-41-65(15,55(74)75)42-89-59(79)71-52-32-61(9,10)36-64(14,34-52)38-69-57(77)91-50-67(46-83-28-18-3,47-84-29-19-4)48-85-30-20-5;18-13(1-5-26)22-9-17(10-23-14(19)2-6-27,11-24-15(20)3-7-28)12-25-16(21)4-8-29;1-5(2)3-4-6/h16-21,51-52H,1-6,22-50H2,7-15H3,(H,68,76)(H,69,77)(H,70,78)(H,71,79)(H,74,75);26-29H,1-12H2;6H,3-4H2,1-2H3/t51?,52?,63?,64?,65-;;/m0../s1. The van der Waals surface area contributed by atoms with Crippen LogP contribution in [0.5, 0.6) is 0 Å². The van der Waals surface area contributed by atoms with E-state index in [0.29, 0.717) is 38.7 Å². The second-order valence-corrected chi connectivity index (χ2v) is 37.4. The Morgan fingerprint density at radius 3 is 0.984 bits per heavy atom.